The van der Waals surface area contributed by atoms with Crippen molar-refractivity contribution in [3.05, 3.63) is 54.2 Å². The van der Waals surface area contributed by atoms with E-state index < -0.39 is 0 Å². The quantitative estimate of drug-likeness (QED) is 0.631. The average Bonchev–Trinajstić information content (AvgIpc) is 2.20. The van der Waals surface area contributed by atoms with Crippen LogP contribution in [0.2, 0.25) is 0 Å². The first kappa shape index (κ1) is 8.24. The highest BCUT2D eigenvalue weighted by molar-refractivity contribution is 5.73. The number of allylic oxidation sites excluding steroid dienone is 4. The van der Waals surface area contributed by atoms with Crippen molar-refractivity contribution in [1.29, 1.82) is 0 Å². The van der Waals surface area contributed by atoms with Gasteiger partial charge in [-0.15, -0.1) is 0 Å². The van der Waals surface area contributed by atoms with Gasteiger partial charge in [-0.2, -0.15) is 0 Å². The van der Waals surface area contributed by atoms with E-state index >= 15 is 0 Å². The molecule has 1 nitrogen and oxygen atoms in total. The molecule has 1 heterocycles. The Kier molecular flexibility index (Phi) is 2.26. The predicted octanol–water partition coefficient (Wildman–Crippen LogP) is 2.94. The van der Waals surface area contributed by atoms with Gasteiger partial charge < -0.3 is 0 Å². The lowest BCUT2D eigenvalue weighted by molar-refractivity contribution is 1.21. The van der Waals surface area contributed by atoms with Gasteiger partial charge in [0.05, 0.1) is 5.69 Å². The van der Waals surface area contributed by atoms with Crippen LogP contribution in [0.15, 0.2) is 36.6 Å². The molecule has 0 fully saturated rings. The standard InChI is InChI=1S/C12H12N/c1-10-7-8-12(13-9-10)11-5-3-2-4-6-11/h2-3,5-9H,4H2,1H3. The van der Waals surface area contributed by atoms with Gasteiger partial charge in [0.25, 0.3) is 0 Å². The molecule has 1 aromatic rings. The number of hydrogen-bond acceptors (Lipinski definition) is 1. The molecule has 13 heavy (non-hydrogen) atoms. The third kappa shape index (κ3) is 1.86. The zero-order chi connectivity index (χ0) is 9.10. The molecular formula is C12H12N. The second-order valence-corrected chi connectivity index (χ2v) is 3.21. The summed E-state index contributed by atoms with van der Waals surface area (Å²) in [6.45, 7) is 2.05. The first-order valence-corrected chi connectivity index (χ1v) is 4.49. The fraction of sp³-hybridized carbons (Fsp3) is 0.167. The molecule has 0 saturated heterocycles. The van der Waals surface area contributed by atoms with E-state index in [1.807, 2.05) is 6.20 Å². The van der Waals surface area contributed by atoms with Crippen molar-refractivity contribution in [1.82, 2.24) is 4.98 Å². The molecule has 1 aliphatic carbocycles. The number of pyridine rings is 1. The molecule has 0 saturated carbocycles. The maximum Gasteiger partial charge on any atom is 0.0698 e. The summed E-state index contributed by atoms with van der Waals surface area (Å²) in [7, 11) is 0. The molecular weight excluding hydrogens is 158 g/mol. The monoisotopic (exact) mass is 170 g/mol. The summed E-state index contributed by atoms with van der Waals surface area (Å²) in [6.07, 6.45) is 11.4. The van der Waals surface area contributed by atoms with Crippen LogP contribution < -0.4 is 0 Å². The van der Waals surface area contributed by atoms with Crippen molar-refractivity contribution < 1.29 is 0 Å². The highest BCUT2D eigenvalue weighted by Gasteiger charge is 2.01. The topological polar surface area (TPSA) is 12.9 Å². The summed E-state index contributed by atoms with van der Waals surface area (Å²) in [5.41, 5.74) is 3.49. The smallest absolute Gasteiger partial charge is 0.0698 e. The van der Waals surface area contributed by atoms with E-state index in [1.54, 1.807) is 0 Å². The SMILES string of the molecule is Cc1ccc(C2=CC[CH]C=C2)nc1. The molecule has 65 valence electrons. The minimum Gasteiger partial charge on any atom is -0.256 e. The van der Waals surface area contributed by atoms with Crippen molar-refractivity contribution in [2.75, 3.05) is 0 Å². The van der Waals surface area contributed by atoms with Gasteiger partial charge in [-0.1, -0.05) is 24.3 Å². The third-order valence-electron chi connectivity index (χ3n) is 2.09. The van der Waals surface area contributed by atoms with Crippen LogP contribution in [0.25, 0.3) is 5.57 Å². The number of aryl methyl sites for hydroxylation is 1. The normalized spacial score (nSPS) is 15.6. The maximum atomic E-state index is 4.37. The van der Waals surface area contributed by atoms with Gasteiger partial charge in [0.15, 0.2) is 0 Å². The lowest BCUT2D eigenvalue weighted by Crippen LogP contribution is -1.90. The van der Waals surface area contributed by atoms with Crippen LogP contribution in [-0.2, 0) is 0 Å². The van der Waals surface area contributed by atoms with Crippen molar-refractivity contribution in [3.8, 4) is 0 Å². The summed E-state index contributed by atoms with van der Waals surface area (Å²) in [4.78, 5) is 4.37. The Morgan fingerprint density at radius 2 is 2.23 bits per heavy atom. The van der Waals surface area contributed by atoms with Crippen molar-refractivity contribution in [2.24, 2.45) is 0 Å². The molecule has 1 radical (unpaired) electrons. The molecule has 0 atom stereocenters. The Hall–Kier alpha value is -1.37. The number of nitrogens with zero attached hydrogens (tertiary/aromatic N) is 1. The molecule has 0 N–H and O–H groups in total. The van der Waals surface area contributed by atoms with E-state index in [4.69, 9.17) is 0 Å². The third-order valence-corrected chi connectivity index (χ3v) is 2.09. The average molecular weight is 170 g/mol. The van der Waals surface area contributed by atoms with Crippen LogP contribution in [0.4, 0.5) is 0 Å². The second kappa shape index (κ2) is 3.56. The number of aromatic nitrogens is 1. The van der Waals surface area contributed by atoms with Gasteiger partial charge in [0, 0.05) is 6.20 Å². The summed E-state index contributed by atoms with van der Waals surface area (Å²) < 4.78 is 0. The molecule has 1 heteroatoms. The fourth-order valence-corrected chi connectivity index (χ4v) is 1.34. The number of hydrogen-bond donors (Lipinski definition) is 0. The molecule has 0 aromatic carbocycles. The summed E-state index contributed by atoms with van der Waals surface area (Å²) in [6, 6.07) is 4.16. The van der Waals surface area contributed by atoms with Gasteiger partial charge in [0.2, 0.25) is 0 Å². The lowest BCUT2D eigenvalue weighted by atomic mass is 10.0. The van der Waals surface area contributed by atoms with Crippen molar-refractivity contribution in [3.63, 3.8) is 0 Å². The zero-order valence-corrected chi connectivity index (χ0v) is 7.70. The molecule has 0 amide bonds. The fourth-order valence-electron chi connectivity index (χ4n) is 1.34. The van der Waals surface area contributed by atoms with Crippen LogP contribution >= 0.6 is 0 Å². The minimum atomic E-state index is 1.02. The van der Waals surface area contributed by atoms with Gasteiger partial charge in [0.1, 0.15) is 0 Å². The largest absolute Gasteiger partial charge is 0.256 e. The second-order valence-electron chi connectivity index (χ2n) is 3.21. The van der Waals surface area contributed by atoms with Crippen LogP contribution in [0.1, 0.15) is 17.7 Å². The predicted molar refractivity (Wildman–Crippen MR) is 55.0 cm³/mol. The van der Waals surface area contributed by atoms with Gasteiger partial charge >= 0.3 is 0 Å². The van der Waals surface area contributed by atoms with E-state index in [9.17, 15) is 0 Å². The Morgan fingerprint density at radius 1 is 1.31 bits per heavy atom. The Balaban J connectivity index is 2.30. The van der Waals surface area contributed by atoms with Crippen molar-refractivity contribution in [2.45, 2.75) is 13.3 Å². The molecule has 2 rings (SSSR count). The van der Waals surface area contributed by atoms with Crippen LogP contribution in [0, 0.1) is 13.3 Å². The Morgan fingerprint density at radius 3 is 2.85 bits per heavy atom. The lowest BCUT2D eigenvalue weighted by Gasteiger charge is -2.05. The van der Waals surface area contributed by atoms with Gasteiger partial charge in [-0.25, -0.2) is 0 Å². The Labute approximate surface area is 78.8 Å². The van der Waals surface area contributed by atoms with Gasteiger partial charge in [-0.3, -0.25) is 4.98 Å². The molecule has 0 spiro atoms. The molecule has 0 bridgehead atoms. The first-order valence-electron chi connectivity index (χ1n) is 4.49. The summed E-state index contributed by atoms with van der Waals surface area (Å²) >= 11 is 0. The van der Waals surface area contributed by atoms with E-state index in [1.165, 1.54) is 11.1 Å². The minimum absolute atomic E-state index is 1.02. The summed E-state index contributed by atoms with van der Waals surface area (Å²) in [5, 5.41) is 0. The first-order chi connectivity index (χ1) is 6.36. The highest BCUT2D eigenvalue weighted by Crippen LogP contribution is 2.18. The molecule has 0 unspecified atom stereocenters. The highest BCUT2D eigenvalue weighted by atomic mass is 14.7. The van der Waals surface area contributed by atoms with Gasteiger partial charge in [-0.05, 0) is 37.0 Å². The van der Waals surface area contributed by atoms with Crippen LogP contribution in [-0.4, -0.2) is 4.98 Å². The van der Waals surface area contributed by atoms with Crippen molar-refractivity contribution >= 4 is 5.57 Å². The van der Waals surface area contributed by atoms with E-state index in [0.717, 1.165) is 12.1 Å². The zero-order valence-electron chi connectivity index (χ0n) is 7.70. The molecule has 1 aliphatic rings. The number of rotatable bonds is 1. The van der Waals surface area contributed by atoms with E-state index in [0.29, 0.717) is 0 Å². The summed E-state index contributed by atoms with van der Waals surface area (Å²) in [5.74, 6) is 0. The van der Waals surface area contributed by atoms with E-state index in [2.05, 4.69) is 48.7 Å². The molecule has 0 aliphatic heterocycles. The van der Waals surface area contributed by atoms with Crippen LogP contribution in [0.5, 0.6) is 0 Å². The molecule has 1 aromatic heterocycles. The maximum absolute atomic E-state index is 4.37. The van der Waals surface area contributed by atoms with E-state index in [-0.39, 0.29) is 0 Å². The Bertz CT molecular complexity index is 344. The van der Waals surface area contributed by atoms with Crippen LogP contribution in [0.3, 0.4) is 0 Å².